The van der Waals surface area contributed by atoms with Crippen LogP contribution in [0.15, 0.2) is 54.6 Å². The van der Waals surface area contributed by atoms with Crippen LogP contribution in [0.1, 0.15) is 34.6 Å². The molecule has 0 fully saturated rings. The first-order valence-electron chi connectivity index (χ1n) is 10.1. The van der Waals surface area contributed by atoms with E-state index in [2.05, 4.69) is 41.6 Å². The molecule has 0 saturated carbocycles. The molecular weight excluding hydrogens is 364 g/mol. The van der Waals surface area contributed by atoms with E-state index in [-0.39, 0.29) is 11.8 Å². The molecule has 0 spiro atoms. The van der Waals surface area contributed by atoms with Gasteiger partial charge in [0, 0.05) is 29.6 Å². The summed E-state index contributed by atoms with van der Waals surface area (Å²) in [6.45, 7) is 11.1. The van der Waals surface area contributed by atoms with Crippen molar-refractivity contribution in [2.75, 3.05) is 22.1 Å². The summed E-state index contributed by atoms with van der Waals surface area (Å²) in [4.78, 5) is 27.3. The van der Waals surface area contributed by atoms with Crippen LogP contribution in [0, 0.1) is 5.92 Å². The predicted octanol–water partition coefficient (Wildman–Crippen LogP) is 4.71. The van der Waals surface area contributed by atoms with E-state index in [1.165, 1.54) is 0 Å². The highest BCUT2D eigenvalue weighted by molar-refractivity contribution is 5.99. The van der Waals surface area contributed by atoms with Gasteiger partial charge < -0.3 is 20.9 Å². The molecule has 0 heterocycles. The highest BCUT2D eigenvalue weighted by Crippen LogP contribution is 2.20. The molecule has 29 heavy (non-hydrogen) atoms. The lowest BCUT2D eigenvalue weighted by Crippen LogP contribution is -2.48. The van der Waals surface area contributed by atoms with Crippen LogP contribution in [-0.2, 0) is 4.79 Å². The van der Waals surface area contributed by atoms with Gasteiger partial charge in [-0.15, -0.1) is 0 Å². The van der Waals surface area contributed by atoms with E-state index in [4.69, 9.17) is 0 Å². The summed E-state index contributed by atoms with van der Waals surface area (Å²) in [6, 6.07) is 16.3. The summed E-state index contributed by atoms with van der Waals surface area (Å²) in [6.07, 6.45) is 0. The summed E-state index contributed by atoms with van der Waals surface area (Å²) in [5.74, 6) is -0.306. The van der Waals surface area contributed by atoms with E-state index in [1.807, 2.05) is 56.3 Å². The number of hydrogen-bond donors (Lipinski definition) is 3. The number of rotatable bonds is 8. The second-order valence-corrected chi connectivity index (χ2v) is 7.60. The smallest absolute Gasteiger partial charge is 0.319 e. The number of amides is 3. The summed E-state index contributed by atoms with van der Waals surface area (Å²) in [5.41, 5.74) is 2.49. The number of nitrogens with zero attached hydrogens (tertiary/aromatic N) is 1. The molecule has 0 aliphatic rings. The number of carbonyl (C=O) groups excluding carboxylic acids is 2. The molecule has 0 aliphatic heterocycles. The van der Waals surface area contributed by atoms with Gasteiger partial charge in [-0.1, -0.05) is 32.0 Å². The van der Waals surface area contributed by atoms with Crippen LogP contribution in [0.3, 0.4) is 0 Å². The largest absolute Gasteiger partial charge is 0.369 e. The number of anilines is 3. The number of nitrogens with one attached hydrogen (secondary N) is 3. The average Bonchev–Trinajstić information content (AvgIpc) is 2.68. The Hall–Kier alpha value is -3.02. The van der Waals surface area contributed by atoms with Gasteiger partial charge in [0.25, 0.3) is 0 Å². The standard InChI is InChI=1S/C23H32N4O2/c1-6-27(17(4)5)20-14-12-19(13-15-20)24-22(28)21(16(2)3)26-23(29)25-18-10-8-7-9-11-18/h7-17,21H,6H2,1-5H3,(H,24,28)(H2,25,26,29). The van der Waals surface area contributed by atoms with Crippen molar-refractivity contribution in [3.63, 3.8) is 0 Å². The Kier molecular flexibility index (Phi) is 8.07. The van der Waals surface area contributed by atoms with Crippen molar-refractivity contribution >= 4 is 29.0 Å². The second kappa shape index (κ2) is 10.5. The molecule has 0 bridgehead atoms. The highest BCUT2D eigenvalue weighted by atomic mass is 16.2. The first-order valence-corrected chi connectivity index (χ1v) is 10.1. The van der Waals surface area contributed by atoms with Gasteiger partial charge in [-0.05, 0) is 63.1 Å². The van der Waals surface area contributed by atoms with Crippen molar-refractivity contribution in [2.45, 2.75) is 46.7 Å². The van der Waals surface area contributed by atoms with Gasteiger partial charge in [0.15, 0.2) is 0 Å². The fourth-order valence-electron chi connectivity index (χ4n) is 3.17. The number of carbonyl (C=O) groups is 2. The minimum atomic E-state index is -0.652. The van der Waals surface area contributed by atoms with Crippen LogP contribution in [-0.4, -0.2) is 30.6 Å². The summed E-state index contributed by atoms with van der Waals surface area (Å²) in [5, 5.41) is 8.42. The van der Waals surface area contributed by atoms with E-state index in [1.54, 1.807) is 12.1 Å². The van der Waals surface area contributed by atoms with Crippen molar-refractivity contribution in [3.8, 4) is 0 Å². The Bertz CT molecular complexity index is 788. The molecular formula is C23H32N4O2. The number of urea groups is 1. The minimum absolute atomic E-state index is 0.0627. The molecule has 1 unspecified atom stereocenters. The van der Waals surface area contributed by atoms with E-state index < -0.39 is 12.1 Å². The molecule has 2 aromatic rings. The van der Waals surface area contributed by atoms with Gasteiger partial charge in [-0.25, -0.2) is 4.79 Å². The quantitative estimate of drug-likeness (QED) is 0.605. The fourth-order valence-corrected chi connectivity index (χ4v) is 3.17. The third-order valence-corrected chi connectivity index (χ3v) is 4.70. The first kappa shape index (κ1) is 22.3. The van der Waals surface area contributed by atoms with Gasteiger partial charge >= 0.3 is 6.03 Å². The maximum absolute atomic E-state index is 12.8. The zero-order valence-corrected chi connectivity index (χ0v) is 17.9. The molecule has 2 rings (SSSR count). The molecule has 6 nitrogen and oxygen atoms in total. The predicted molar refractivity (Wildman–Crippen MR) is 120 cm³/mol. The van der Waals surface area contributed by atoms with E-state index in [0.717, 1.165) is 12.2 Å². The Balaban J connectivity index is 2.01. The number of benzene rings is 2. The van der Waals surface area contributed by atoms with Gasteiger partial charge in [0.2, 0.25) is 5.91 Å². The monoisotopic (exact) mass is 396 g/mol. The van der Waals surface area contributed by atoms with Gasteiger partial charge in [0.1, 0.15) is 6.04 Å². The lowest BCUT2D eigenvalue weighted by Gasteiger charge is -2.27. The molecule has 0 aromatic heterocycles. The average molecular weight is 397 g/mol. The van der Waals surface area contributed by atoms with Crippen molar-refractivity contribution in [2.24, 2.45) is 5.92 Å². The Morgan fingerprint density at radius 2 is 1.45 bits per heavy atom. The maximum atomic E-state index is 12.8. The fraction of sp³-hybridized carbons (Fsp3) is 0.391. The zero-order chi connectivity index (χ0) is 21.4. The number of para-hydroxylation sites is 1. The molecule has 6 heteroatoms. The SMILES string of the molecule is CCN(c1ccc(NC(=O)C(NC(=O)Nc2ccccc2)C(C)C)cc1)C(C)C. The van der Waals surface area contributed by atoms with Crippen LogP contribution >= 0.6 is 0 Å². The third-order valence-electron chi connectivity index (χ3n) is 4.70. The molecule has 3 N–H and O–H groups in total. The second-order valence-electron chi connectivity index (χ2n) is 7.60. The normalized spacial score (nSPS) is 11.8. The molecule has 0 saturated heterocycles. The minimum Gasteiger partial charge on any atom is -0.369 e. The lowest BCUT2D eigenvalue weighted by molar-refractivity contribution is -0.118. The van der Waals surface area contributed by atoms with Crippen molar-refractivity contribution in [1.29, 1.82) is 0 Å². The van der Waals surface area contributed by atoms with Crippen molar-refractivity contribution < 1.29 is 9.59 Å². The molecule has 2 aromatic carbocycles. The molecule has 156 valence electrons. The maximum Gasteiger partial charge on any atom is 0.319 e. The van der Waals surface area contributed by atoms with Gasteiger partial charge in [-0.3, -0.25) is 4.79 Å². The Morgan fingerprint density at radius 1 is 0.862 bits per heavy atom. The van der Waals surface area contributed by atoms with Crippen LogP contribution in [0.2, 0.25) is 0 Å². The first-order chi connectivity index (χ1) is 13.8. The van der Waals surface area contributed by atoms with Crippen molar-refractivity contribution in [1.82, 2.24) is 5.32 Å². The molecule has 0 aliphatic carbocycles. The third kappa shape index (κ3) is 6.52. The van der Waals surface area contributed by atoms with Crippen LogP contribution in [0.5, 0.6) is 0 Å². The summed E-state index contributed by atoms with van der Waals surface area (Å²) < 4.78 is 0. The molecule has 1 atom stereocenters. The summed E-state index contributed by atoms with van der Waals surface area (Å²) >= 11 is 0. The summed E-state index contributed by atoms with van der Waals surface area (Å²) in [7, 11) is 0. The molecule has 3 amide bonds. The van der Waals surface area contributed by atoms with E-state index in [0.29, 0.717) is 17.4 Å². The zero-order valence-electron chi connectivity index (χ0n) is 17.9. The van der Waals surface area contributed by atoms with E-state index >= 15 is 0 Å². The lowest BCUT2D eigenvalue weighted by atomic mass is 10.0. The topological polar surface area (TPSA) is 73.5 Å². The van der Waals surface area contributed by atoms with E-state index in [9.17, 15) is 9.59 Å². The Morgan fingerprint density at radius 3 is 1.97 bits per heavy atom. The van der Waals surface area contributed by atoms with Gasteiger partial charge in [0.05, 0.1) is 0 Å². The van der Waals surface area contributed by atoms with Crippen LogP contribution in [0.4, 0.5) is 21.9 Å². The van der Waals surface area contributed by atoms with Crippen LogP contribution in [0.25, 0.3) is 0 Å². The number of hydrogen-bond acceptors (Lipinski definition) is 3. The van der Waals surface area contributed by atoms with Gasteiger partial charge in [-0.2, -0.15) is 0 Å². The highest BCUT2D eigenvalue weighted by Gasteiger charge is 2.24. The van der Waals surface area contributed by atoms with Crippen molar-refractivity contribution in [3.05, 3.63) is 54.6 Å². The van der Waals surface area contributed by atoms with Crippen LogP contribution < -0.4 is 20.9 Å². The molecule has 0 radical (unpaired) electrons. The Labute approximate surface area is 173 Å².